The van der Waals surface area contributed by atoms with Crippen molar-refractivity contribution in [1.82, 2.24) is 34.0 Å². The first kappa shape index (κ1) is 33.5. The number of hydrogen-bond acceptors (Lipinski definition) is 10. The summed E-state index contributed by atoms with van der Waals surface area (Å²) in [5.74, 6) is -1.19. The normalized spacial score (nSPS) is 19.4. The van der Waals surface area contributed by atoms with E-state index in [1.54, 1.807) is 11.5 Å². The van der Waals surface area contributed by atoms with Gasteiger partial charge in [-0.25, -0.2) is 9.97 Å². The molecule has 2 amide bonds. The van der Waals surface area contributed by atoms with Crippen LogP contribution in [-0.2, 0) is 15.7 Å². The number of ether oxygens (including phenoxy) is 1. The average molecular weight is 714 g/mol. The Morgan fingerprint density at radius 3 is 2.58 bits per heavy atom. The van der Waals surface area contributed by atoms with Gasteiger partial charge in [-0.05, 0) is 43.5 Å². The number of aromatic hydroxyl groups is 1. The number of aryl methyl sites for hydroxylation is 1. The summed E-state index contributed by atoms with van der Waals surface area (Å²) in [6.45, 7) is 5.16. The predicted molar refractivity (Wildman–Crippen MR) is 174 cm³/mol. The number of halogens is 4. The van der Waals surface area contributed by atoms with Crippen LogP contribution in [0.5, 0.6) is 5.75 Å². The highest BCUT2D eigenvalue weighted by atomic mass is 35.5. The first-order valence-corrected chi connectivity index (χ1v) is 16.3. The maximum atomic E-state index is 14.3. The number of piperazine rings is 1. The van der Waals surface area contributed by atoms with Crippen LogP contribution in [0.3, 0.4) is 0 Å². The molecule has 3 aromatic heterocycles. The van der Waals surface area contributed by atoms with Crippen LogP contribution in [0.1, 0.15) is 65.0 Å². The number of hydrogen-bond donors (Lipinski definition) is 2. The second-order valence-corrected chi connectivity index (χ2v) is 12.8. The quantitative estimate of drug-likeness (QED) is 0.311. The van der Waals surface area contributed by atoms with E-state index in [-0.39, 0.29) is 72.1 Å². The summed E-state index contributed by atoms with van der Waals surface area (Å²) in [6.07, 6.45) is -0.795. The molecule has 0 radical (unpaired) electrons. The van der Waals surface area contributed by atoms with Crippen molar-refractivity contribution in [2.45, 2.75) is 44.8 Å². The molecule has 1 saturated heterocycles. The van der Waals surface area contributed by atoms with Crippen molar-refractivity contribution in [3.63, 3.8) is 0 Å². The van der Waals surface area contributed by atoms with E-state index in [0.29, 0.717) is 36.8 Å². The van der Waals surface area contributed by atoms with E-state index in [4.69, 9.17) is 21.3 Å². The third-order valence-corrected chi connectivity index (χ3v) is 9.57. The molecule has 50 heavy (non-hydrogen) atoms. The van der Waals surface area contributed by atoms with E-state index in [9.17, 15) is 32.7 Å². The highest BCUT2D eigenvalue weighted by molar-refractivity contribution is 6.33. The molecule has 0 unspecified atom stereocenters. The Kier molecular flexibility index (Phi) is 8.50. The van der Waals surface area contributed by atoms with Gasteiger partial charge in [0, 0.05) is 32.1 Å². The van der Waals surface area contributed by atoms with Crippen molar-refractivity contribution in [2.75, 3.05) is 49.6 Å². The van der Waals surface area contributed by atoms with Gasteiger partial charge in [0.1, 0.15) is 18.1 Å². The lowest BCUT2D eigenvalue weighted by Gasteiger charge is -2.36. The summed E-state index contributed by atoms with van der Waals surface area (Å²) in [5, 5.41) is 17.3. The first-order chi connectivity index (χ1) is 23.8. The fourth-order valence-corrected chi connectivity index (χ4v) is 6.89. The number of anilines is 2. The van der Waals surface area contributed by atoms with Gasteiger partial charge >= 0.3 is 6.18 Å². The molecule has 14 nitrogen and oxygen atoms in total. The maximum absolute atomic E-state index is 14.3. The number of amides is 2. The Labute approximate surface area is 287 Å². The van der Waals surface area contributed by atoms with Crippen molar-refractivity contribution in [3.8, 4) is 5.75 Å². The summed E-state index contributed by atoms with van der Waals surface area (Å²) in [5.41, 5.74) is 0.408. The zero-order chi connectivity index (χ0) is 35.5. The van der Waals surface area contributed by atoms with Crippen LogP contribution in [0.4, 0.5) is 24.5 Å². The van der Waals surface area contributed by atoms with E-state index in [1.165, 1.54) is 15.7 Å². The number of nitrogens with zero attached hydrogens (tertiary/aromatic N) is 8. The standard InChI is InChI=1S/C32H31ClF3N9O5/c1-16-13-22(28(47)39-21-4-3-19(14-20(21)33)32(34,35)36)44-24(16)25(30(49)45-31(44)40-27(41-45)18-5-11-50-12-6-18)42-7-9-43(10-8-42)29(48)23-26(46)17(2)37-15-38-23/h3-5,14-16,22,46H,6-13H2,1-2H3,(H,39,47)/t16-,22+/m0/s1. The van der Waals surface area contributed by atoms with Crippen molar-refractivity contribution in [1.29, 1.82) is 0 Å². The number of aromatic nitrogens is 6. The number of carbonyl (C=O) groups excluding carboxylic acids is 2. The van der Waals surface area contributed by atoms with Gasteiger partial charge in [-0.3, -0.25) is 19.0 Å². The summed E-state index contributed by atoms with van der Waals surface area (Å²) in [6, 6.07) is 1.77. The van der Waals surface area contributed by atoms with Crippen LogP contribution in [0.15, 0.2) is 35.4 Å². The van der Waals surface area contributed by atoms with Gasteiger partial charge in [-0.15, -0.1) is 5.10 Å². The van der Waals surface area contributed by atoms with Crippen LogP contribution in [0, 0.1) is 6.92 Å². The van der Waals surface area contributed by atoms with E-state index >= 15 is 0 Å². The Morgan fingerprint density at radius 1 is 1.14 bits per heavy atom. The molecular formula is C32H31ClF3N9O5. The fraction of sp³-hybridized carbons (Fsp3) is 0.406. The van der Waals surface area contributed by atoms with E-state index < -0.39 is 35.2 Å². The number of benzene rings is 1. The number of carbonyl (C=O) groups is 2. The van der Waals surface area contributed by atoms with E-state index in [0.717, 1.165) is 23.8 Å². The minimum absolute atomic E-state index is 0.00304. The van der Waals surface area contributed by atoms with Gasteiger partial charge in [-0.1, -0.05) is 24.6 Å². The predicted octanol–water partition coefficient (Wildman–Crippen LogP) is 3.82. The maximum Gasteiger partial charge on any atom is 0.416 e. The molecule has 0 spiro atoms. The Morgan fingerprint density at radius 2 is 1.90 bits per heavy atom. The lowest BCUT2D eigenvalue weighted by atomic mass is 10.0. The minimum Gasteiger partial charge on any atom is -0.504 e. The highest BCUT2D eigenvalue weighted by Gasteiger charge is 2.41. The molecule has 0 aliphatic carbocycles. The molecule has 262 valence electrons. The smallest absolute Gasteiger partial charge is 0.416 e. The minimum atomic E-state index is -4.61. The van der Waals surface area contributed by atoms with E-state index in [1.807, 2.05) is 17.9 Å². The third kappa shape index (κ3) is 5.83. The number of rotatable bonds is 5. The van der Waals surface area contributed by atoms with Gasteiger partial charge < -0.3 is 25.0 Å². The van der Waals surface area contributed by atoms with Gasteiger partial charge in [0.25, 0.3) is 11.5 Å². The fourth-order valence-electron chi connectivity index (χ4n) is 6.66. The number of alkyl halides is 3. The summed E-state index contributed by atoms with van der Waals surface area (Å²) in [7, 11) is 0. The van der Waals surface area contributed by atoms with Crippen LogP contribution >= 0.6 is 11.6 Å². The summed E-state index contributed by atoms with van der Waals surface area (Å²) >= 11 is 6.18. The first-order valence-electron chi connectivity index (χ1n) is 15.9. The van der Waals surface area contributed by atoms with Crippen molar-refractivity contribution < 1.29 is 32.6 Å². The molecule has 0 saturated carbocycles. The average Bonchev–Trinajstić information content (AvgIpc) is 3.69. The van der Waals surface area contributed by atoms with Gasteiger partial charge in [0.2, 0.25) is 11.7 Å². The van der Waals surface area contributed by atoms with Gasteiger partial charge in [0.15, 0.2) is 17.3 Å². The Hall–Kier alpha value is -5.03. The molecule has 18 heteroatoms. The van der Waals surface area contributed by atoms with Crippen molar-refractivity contribution in [2.24, 2.45) is 0 Å². The van der Waals surface area contributed by atoms with Crippen molar-refractivity contribution in [3.05, 3.63) is 74.4 Å². The summed E-state index contributed by atoms with van der Waals surface area (Å²) in [4.78, 5) is 57.4. The zero-order valence-electron chi connectivity index (χ0n) is 26.9. The molecule has 6 heterocycles. The molecule has 0 bridgehead atoms. The SMILES string of the molecule is Cc1ncnc(C(=O)N2CCN(c3c4n(c5nc(C6=CCOCC6)nn5c3=O)[C@@H](C(=O)Nc3ccc(C(F)(F)F)cc3Cl)C[C@@H]4C)CC2)c1O. The molecule has 4 aromatic rings. The van der Waals surface area contributed by atoms with Crippen LogP contribution in [-0.4, -0.2) is 90.3 Å². The van der Waals surface area contributed by atoms with Crippen LogP contribution in [0.25, 0.3) is 11.4 Å². The second kappa shape index (κ2) is 12.7. The molecule has 2 N–H and O–H groups in total. The molecular weight excluding hydrogens is 683 g/mol. The molecule has 1 aromatic carbocycles. The Bertz CT molecular complexity index is 2120. The monoisotopic (exact) mass is 713 g/mol. The largest absolute Gasteiger partial charge is 0.504 e. The number of nitrogens with one attached hydrogen (secondary N) is 1. The van der Waals surface area contributed by atoms with Gasteiger partial charge in [-0.2, -0.15) is 22.7 Å². The zero-order valence-corrected chi connectivity index (χ0v) is 27.6. The molecule has 7 rings (SSSR count). The molecule has 1 fully saturated rings. The molecule has 2 atom stereocenters. The number of fused-ring (bicyclic) bond motifs is 3. The summed E-state index contributed by atoms with van der Waals surface area (Å²) < 4.78 is 48.0. The lowest BCUT2D eigenvalue weighted by Crippen LogP contribution is -2.51. The van der Waals surface area contributed by atoms with Crippen molar-refractivity contribution >= 4 is 46.1 Å². The van der Waals surface area contributed by atoms with Crippen LogP contribution in [0.2, 0.25) is 5.02 Å². The van der Waals surface area contributed by atoms with E-state index in [2.05, 4.69) is 20.4 Å². The second-order valence-electron chi connectivity index (χ2n) is 12.4. The Balaban J connectivity index is 1.26. The third-order valence-electron chi connectivity index (χ3n) is 9.26. The van der Waals surface area contributed by atoms with Crippen LogP contribution < -0.4 is 15.8 Å². The topological polar surface area (TPSA) is 160 Å². The highest BCUT2D eigenvalue weighted by Crippen LogP contribution is 2.42. The van der Waals surface area contributed by atoms with Gasteiger partial charge in [0.05, 0.1) is 40.9 Å². The molecule has 3 aliphatic rings. The lowest BCUT2D eigenvalue weighted by molar-refractivity contribution is -0.137. The molecule has 3 aliphatic heterocycles.